The van der Waals surface area contributed by atoms with E-state index >= 15 is 0 Å². The van der Waals surface area contributed by atoms with Crippen molar-refractivity contribution in [2.24, 2.45) is 5.92 Å². The van der Waals surface area contributed by atoms with Crippen LogP contribution in [0.2, 0.25) is 0 Å². The van der Waals surface area contributed by atoms with Gasteiger partial charge in [0.05, 0.1) is 17.6 Å². The molecule has 0 atom stereocenters. The van der Waals surface area contributed by atoms with E-state index in [9.17, 15) is 15.2 Å². The second kappa shape index (κ2) is 5.38. The molecule has 1 saturated heterocycles. The van der Waals surface area contributed by atoms with Crippen LogP contribution in [0.4, 0.5) is 5.69 Å². The van der Waals surface area contributed by atoms with Crippen LogP contribution < -0.4 is 4.74 Å². The SMILES string of the molecule is COc1ccc([N+](=O)[O-])cc1CN1CC(O)(C(C)C)C1. The van der Waals surface area contributed by atoms with Crippen molar-refractivity contribution in [3.63, 3.8) is 0 Å². The van der Waals surface area contributed by atoms with Crippen molar-refractivity contribution in [3.05, 3.63) is 33.9 Å². The first kappa shape index (κ1) is 14.7. The van der Waals surface area contributed by atoms with Crippen LogP contribution in [0.15, 0.2) is 18.2 Å². The number of rotatable bonds is 5. The summed E-state index contributed by atoms with van der Waals surface area (Å²) in [5, 5.41) is 21.0. The van der Waals surface area contributed by atoms with Crippen molar-refractivity contribution < 1.29 is 14.8 Å². The summed E-state index contributed by atoms with van der Waals surface area (Å²) in [6.07, 6.45) is 0. The molecular formula is C14H20N2O4. The monoisotopic (exact) mass is 280 g/mol. The standard InChI is InChI=1S/C14H20N2O4/c1-10(2)14(17)8-15(9-14)7-11-6-12(16(18)19)4-5-13(11)20-3/h4-6,10,17H,7-9H2,1-3H3. The second-order valence-electron chi connectivity index (χ2n) is 5.66. The zero-order valence-corrected chi connectivity index (χ0v) is 12.0. The number of nitro groups is 1. The van der Waals surface area contributed by atoms with Gasteiger partial charge in [0.2, 0.25) is 0 Å². The summed E-state index contributed by atoms with van der Waals surface area (Å²) < 4.78 is 5.24. The molecule has 1 aromatic carbocycles. The lowest BCUT2D eigenvalue weighted by molar-refractivity contribution is -0.385. The molecule has 1 heterocycles. The van der Waals surface area contributed by atoms with Gasteiger partial charge in [0.15, 0.2) is 0 Å². The number of nitrogens with zero attached hydrogens (tertiary/aromatic N) is 2. The van der Waals surface area contributed by atoms with Gasteiger partial charge in [-0.1, -0.05) is 13.8 Å². The van der Waals surface area contributed by atoms with E-state index in [2.05, 4.69) is 4.90 Å². The van der Waals surface area contributed by atoms with Crippen LogP contribution in [0.25, 0.3) is 0 Å². The van der Waals surface area contributed by atoms with Crippen LogP contribution in [0, 0.1) is 16.0 Å². The Morgan fingerprint density at radius 1 is 1.50 bits per heavy atom. The molecule has 1 aromatic rings. The molecule has 0 aliphatic carbocycles. The van der Waals surface area contributed by atoms with Gasteiger partial charge in [-0.25, -0.2) is 0 Å². The van der Waals surface area contributed by atoms with E-state index in [1.54, 1.807) is 13.2 Å². The maximum atomic E-state index is 10.8. The van der Waals surface area contributed by atoms with E-state index in [4.69, 9.17) is 4.74 Å². The first-order chi connectivity index (χ1) is 9.35. The fraction of sp³-hybridized carbons (Fsp3) is 0.571. The molecule has 110 valence electrons. The normalized spacial score (nSPS) is 17.9. The van der Waals surface area contributed by atoms with Crippen LogP contribution in [0.1, 0.15) is 19.4 Å². The molecule has 20 heavy (non-hydrogen) atoms. The number of methoxy groups -OCH3 is 1. The summed E-state index contributed by atoms with van der Waals surface area (Å²) in [5.41, 5.74) is 0.182. The minimum Gasteiger partial charge on any atom is -0.496 e. The molecule has 2 rings (SSSR count). The van der Waals surface area contributed by atoms with Gasteiger partial charge in [-0.15, -0.1) is 0 Å². The number of non-ortho nitro benzene ring substituents is 1. The molecule has 0 aromatic heterocycles. The third-order valence-electron chi connectivity index (χ3n) is 3.94. The van der Waals surface area contributed by atoms with Crippen LogP contribution in [-0.4, -0.2) is 40.7 Å². The molecule has 1 aliphatic heterocycles. The Hall–Kier alpha value is -1.66. The third-order valence-corrected chi connectivity index (χ3v) is 3.94. The highest BCUT2D eigenvalue weighted by Gasteiger charge is 2.43. The summed E-state index contributed by atoms with van der Waals surface area (Å²) in [5.74, 6) is 0.835. The summed E-state index contributed by atoms with van der Waals surface area (Å²) in [6.45, 7) is 5.68. The smallest absolute Gasteiger partial charge is 0.270 e. The van der Waals surface area contributed by atoms with Gasteiger partial charge in [-0.2, -0.15) is 0 Å². The number of hydrogen-bond acceptors (Lipinski definition) is 5. The zero-order valence-electron chi connectivity index (χ0n) is 12.0. The van der Waals surface area contributed by atoms with Crippen molar-refractivity contribution in [1.82, 2.24) is 4.90 Å². The van der Waals surface area contributed by atoms with Crippen molar-refractivity contribution in [3.8, 4) is 5.75 Å². The topological polar surface area (TPSA) is 75.8 Å². The summed E-state index contributed by atoms with van der Waals surface area (Å²) >= 11 is 0. The fourth-order valence-electron chi connectivity index (χ4n) is 2.45. The molecular weight excluding hydrogens is 260 g/mol. The van der Waals surface area contributed by atoms with E-state index in [1.807, 2.05) is 13.8 Å². The van der Waals surface area contributed by atoms with Crippen LogP contribution in [-0.2, 0) is 6.54 Å². The van der Waals surface area contributed by atoms with Crippen LogP contribution >= 0.6 is 0 Å². The van der Waals surface area contributed by atoms with Gasteiger partial charge in [-0.05, 0) is 12.0 Å². The van der Waals surface area contributed by atoms with Crippen LogP contribution in [0.3, 0.4) is 0 Å². The molecule has 0 unspecified atom stereocenters. The molecule has 0 spiro atoms. The lowest BCUT2D eigenvalue weighted by Crippen LogP contribution is -2.63. The maximum absolute atomic E-state index is 10.8. The van der Waals surface area contributed by atoms with E-state index in [0.717, 1.165) is 5.56 Å². The quantitative estimate of drug-likeness (QED) is 0.657. The Balaban J connectivity index is 2.10. The molecule has 1 aliphatic rings. The first-order valence-corrected chi connectivity index (χ1v) is 6.62. The Labute approximate surface area is 118 Å². The van der Waals surface area contributed by atoms with E-state index in [1.165, 1.54) is 12.1 Å². The van der Waals surface area contributed by atoms with Gasteiger partial charge in [-0.3, -0.25) is 15.0 Å². The fourth-order valence-corrected chi connectivity index (χ4v) is 2.45. The number of β-amino-alcohol motifs (C(OH)–C–C–N with tert-alkyl or cyclic N) is 1. The highest BCUT2D eigenvalue weighted by molar-refractivity contribution is 5.43. The largest absolute Gasteiger partial charge is 0.496 e. The highest BCUT2D eigenvalue weighted by Crippen LogP contribution is 2.32. The first-order valence-electron chi connectivity index (χ1n) is 6.62. The molecule has 1 N–H and O–H groups in total. The molecule has 1 fully saturated rings. The van der Waals surface area contributed by atoms with E-state index in [-0.39, 0.29) is 11.6 Å². The summed E-state index contributed by atoms with van der Waals surface area (Å²) in [4.78, 5) is 12.5. The molecule has 6 nitrogen and oxygen atoms in total. The average molecular weight is 280 g/mol. The van der Waals surface area contributed by atoms with Gasteiger partial charge >= 0.3 is 0 Å². The van der Waals surface area contributed by atoms with E-state index < -0.39 is 10.5 Å². The van der Waals surface area contributed by atoms with Gasteiger partial charge in [0.25, 0.3) is 5.69 Å². The number of aliphatic hydroxyl groups is 1. The minimum absolute atomic E-state index is 0.0560. The molecule has 0 amide bonds. The Kier molecular flexibility index (Phi) is 3.96. The number of nitro benzene ring substituents is 1. The Morgan fingerprint density at radius 2 is 2.15 bits per heavy atom. The lowest BCUT2D eigenvalue weighted by atomic mass is 9.83. The second-order valence-corrected chi connectivity index (χ2v) is 5.66. The number of likely N-dealkylation sites (tertiary alicyclic amines) is 1. The highest BCUT2D eigenvalue weighted by atomic mass is 16.6. The van der Waals surface area contributed by atoms with Crippen molar-refractivity contribution >= 4 is 5.69 Å². The summed E-state index contributed by atoms with van der Waals surface area (Å²) in [6, 6.07) is 4.58. The number of benzene rings is 1. The van der Waals surface area contributed by atoms with Gasteiger partial charge in [0.1, 0.15) is 5.75 Å². The minimum atomic E-state index is -0.645. The van der Waals surface area contributed by atoms with Gasteiger partial charge in [0, 0.05) is 37.3 Å². The average Bonchev–Trinajstić information content (AvgIpc) is 2.36. The maximum Gasteiger partial charge on any atom is 0.270 e. The van der Waals surface area contributed by atoms with Crippen molar-refractivity contribution in [2.45, 2.75) is 26.0 Å². The predicted octanol–water partition coefficient (Wildman–Crippen LogP) is 1.81. The molecule has 0 bridgehead atoms. The zero-order chi connectivity index (χ0) is 14.9. The van der Waals surface area contributed by atoms with Gasteiger partial charge < -0.3 is 9.84 Å². The van der Waals surface area contributed by atoms with Crippen molar-refractivity contribution in [2.75, 3.05) is 20.2 Å². The lowest BCUT2D eigenvalue weighted by Gasteiger charge is -2.49. The van der Waals surface area contributed by atoms with E-state index in [0.29, 0.717) is 25.4 Å². The predicted molar refractivity (Wildman–Crippen MR) is 74.7 cm³/mol. The molecule has 0 saturated carbocycles. The number of hydrogen-bond donors (Lipinski definition) is 1. The Morgan fingerprint density at radius 3 is 2.65 bits per heavy atom. The molecule has 0 radical (unpaired) electrons. The third kappa shape index (κ3) is 2.76. The van der Waals surface area contributed by atoms with Crippen molar-refractivity contribution in [1.29, 1.82) is 0 Å². The number of ether oxygens (including phenoxy) is 1. The van der Waals surface area contributed by atoms with Crippen LogP contribution in [0.5, 0.6) is 5.75 Å². The Bertz CT molecular complexity index is 510. The summed E-state index contributed by atoms with van der Waals surface area (Å²) in [7, 11) is 1.55. The molecule has 6 heteroatoms.